The molecule has 1 saturated heterocycles. The molecule has 0 aliphatic carbocycles. The third-order valence-corrected chi connectivity index (χ3v) is 4.92. The summed E-state index contributed by atoms with van der Waals surface area (Å²) >= 11 is 0. The summed E-state index contributed by atoms with van der Waals surface area (Å²) in [5.41, 5.74) is 11.8. The Bertz CT molecular complexity index is 938. The first kappa shape index (κ1) is 20.3. The SMILES string of the molecule is CC(C)[C@H](N)C(=O)OC[C@H]1O[C@@H](c2cn(C)c3c(=O)[nH]c(N)nc23)C(O)[C@@H]1O. The van der Waals surface area contributed by atoms with Gasteiger partial charge < -0.3 is 35.7 Å². The molecule has 0 spiro atoms. The Balaban J connectivity index is 1.83. The maximum Gasteiger partial charge on any atom is 0.323 e. The second-order valence-corrected chi connectivity index (χ2v) is 7.32. The van der Waals surface area contributed by atoms with E-state index in [9.17, 15) is 19.8 Å². The number of carbonyl (C=O) groups excluding carboxylic acids is 1. The molecular formula is C17H25N5O6. The normalized spacial score (nSPS) is 26.1. The van der Waals surface area contributed by atoms with Gasteiger partial charge in [-0.15, -0.1) is 0 Å². The van der Waals surface area contributed by atoms with Gasteiger partial charge in [0.15, 0.2) is 0 Å². The number of ether oxygens (including phenoxy) is 2. The number of aliphatic hydroxyl groups is 2. The average molecular weight is 395 g/mol. The highest BCUT2D eigenvalue weighted by Crippen LogP contribution is 2.36. The van der Waals surface area contributed by atoms with E-state index in [1.54, 1.807) is 27.1 Å². The number of aliphatic hydroxyl groups excluding tert-OH is 2. The Morgan fingerprint density at radius 1 is 1.43 bits per heavy atom. The van der Waals surface area contributed by atoms with Crippen molar-refractivity contribution in [2.75, 3.05) is 12.3 Å². The highest BCUT2D eigenvalue weighted by atomic mass is 16.6. The fourth-order valence-corrected chi connectivity index (χ4v) is 3.23. The van der Waals surface area contributed by atoms with Crippen molar-refractivity contribution in [3.8, 4) is 0 Å². The van der Waals surface area contributed by atoms with E-state index in [0.717, 1.165) is 0 Å². The predicted octanol–water partition coefficient (Wildman–Crippen LogP) is -1.47. The number of esters is 1. The molecule has 1 aliphatic heterocycles. The van der Waals surface area contributed by atoms with Crippen LogP contribution in [0, 0.1) is 5.92 Å². The monoisotopic (exact) mass is 395 g/mol. The Morgan fingerprint density at radius 2 is 2.11 bits per heavy atom. The number of nitrogens with two attached hydrogens (primary N) is 2. The minimum atomic E-state index is -1.31. The summed E-state index contributed by atoms with van der Waals surface area (Å²) in [5.74, 6) is -0.799. The maximum absolute atomic E-state index is 12.1. The third kappa shape index (κ3) is 3.49. The van der Waals surface area contributed by atoms with E-state index in [4.69, 9.17) is 20.9 Å². The lowest BCUT2D eigenvalue weighted by molar-refractivity contribution is -0.151. The van der Waals surface area contributed by atoms with Crippen LogP contribution in [0.4, 0.5) is 5.95 Å². The minimum absolute atomic E-state index is 0.0776. The number of nitrogens with zero attached hydrogens (tertiary/aromatic N) is 2. The standard InChI is InChI=1S/C17H25N5O6/c1-6(2)9(18)16(26)27-5-8-12(23)13(24)14(28-8)7-4-22(3)11-10(7)20-17(19)21-15(11)25/h4,6,8-9,12-14,23-24H,5,18H2,1-3H3,(H3,19,20,21,25)/t8-,9+,12-,13?,14+/m1/s1. The van der Waals surface area contributed by atoms with Gasteiger partial charge in [-0.05, 0) is 5.92 Å². The van der Waals surface area contributed by atoms with E-state index < -0.39 is 42.0 Å². The number of hydrogen-bond donors (Lipinski definition) is 5. The van der Waals surface area contributed by atoms with Gasteiger partial charge in [-0.2, -0.15) is 0 Å². The highest BCUT2D eigenvalue weighted by molar-refractivity contribution is 5.80. The number of anilines is 1. The van der Waals surface area contributed by atoms with Gasteiger partial charge >= 0.3 is 5.97 Å². The molecule has 0 bridgehead atoms. The topological polar surface area (TPSA) is 179 Å². The second-order valence-electron chi connectivity index (χ2n) is 7.32. The van der Waals surface area contributed by atoms with Gasteiger partial charge in [0.2, 0.25) is 5.95 Å². The molecule has 2 aromatic heterocycles. The Kier molecular flexibility index (Phi) is 5.44. The molecule has 1 fully saturated rings. The molecular weight excluding hydrogens is 370 g/mol. The number of nitrogen functional groups attached to an aromatic ring is 1. The molecule has 11 nitrogen and oxygen atoms in total. The van der Waals surface area contributed by atoms with Crippen LogP contribution in [0.2, 0.25) is 0 Å². The van der Waals surface area contributed by atoms with Crippen molar-refractivity contribution in [1.29, 1.82) is 0 Å². The molecule has 28 heavy (non-hydrogen) atoms. The zero-order chi connectivity index (χ0) is 20.7. The number of carbonyl (C=O) groups is 1. The number of aromatic nitrogens is 3. The molecule has 0 saturated carbocycles. The molecule has 154 valence electrons. The number of H-pyrrole nitrogens is 1. The average Bonchev–Trinajstić information content (AvgIpc) is 3.09. The van der Waals surface area contributed by atoms with E-state index in [2.05, 4.69) is 9.97 Å². The number of aryl methyl sites for hydroxylation is 1. The Morgan fingerprint density at radius 3 is 2.75 bits per heavy atom. The zero-order valence-electron chi connectivity index (χ0n) is 15.8. The quantitative estimate of drug-likeness (QED) is 0.378. The summed E-state index contributed by atoms with van der Waals surface area (Å²) in [4.78, 5) is 30.6. The van der Waals surface area contributed by atoms with Crippen molar-refractivity contribution >= 4 is 23.0 Å². The van der Waals surface area contributed by atoms with Crippen LogP contribution < -0.4 is 17.0 Å². The van der Waals surface area contributed by atoms with Crippen LogP contribution in [0.15, 0.2) is 11.0 Å². The Hall–Kier alpha value is -2.47. The molecule has 7 N–H and O–H groups in total. The van der Waals surface area contributed by atoms with Crippen LogP contribution in [-0.2, 0) is 21.3 Å². The summed E-state index contributed by atoms with van der Waals surface area (Å²) in [6.07, 6.45) is -2.97. The molecule has 11 heteroatoms. The highest BCUT2D eigenvalue weighted by Gasteiger charge is 2.45. The van der Waals surface area contributed by atoms with E-state index in [0.29, 0.717) is 5.56 Å². The van der Waals surface area contributed by atoms with Crippen molar-refractivity contribution in [1.82, 2.24) is 14.5 Å². The molecule has 3 heterocycles. The maximum atomic E-state index is 12.1. The summed E-state index contributed by atoms with van der Waals surface area (Å²) in [6, 6.07) is -0.795. The van der Waals surface area contributed by atoms with E-state index in [1.165, 1.54) is 4.57 Å². The van der Waals surface area contributed by atoms with E-state index in [1.807, 2.05) is 0 Å². The second kappa shape index (κ2) is 7.51. The zero-order valence-corrected chi connectivity index (χ0v) is 15.8. The smallest absolute Gasteiger partial charge is 0.323 e. The van der Waals surface area contributed by atoms with Gasteiger partial charge in [0.25, 0.3) is 5.56 Å². The van der Waals surface area contributed by atoms with Crippen LogP contribution in [0.5, 0.6) is 0 Å². The van der Waals surface area contributed by atoms with Gasteiger partial charge in [0, 0.05) is 18.8 Å². The summed E-state index contributed by atoms with van der Waals surface area (Å²) in [7, 11) is 1.64. The van der Waals surface area contributed by atoms with Gasteiger partial charge in [-0.1, -0.05) is 13.8 Å². The van der Waals surface area contributed by atoms with Crippen molar-refractivity contribution in [2.45, 2.75) is 44.3 Å². The Labute approximate surface area is 160 Å². The van der Waals surface area contributed by atoms with Crippen LogP contribution in [-0.4, -0.2) is 61.7 Å². The van der Waals surface area contributed by atoms with E-state index >= 15 is 0 Å². The molecule has 1 unspecified atom stereocenters. The molecule has 0 radical (unpaired) electrons. The number of rotatable bonds is 5. The molecule has 0 amide bonds. The molecule has 5 atom stereocenters. The first-order valence-corrected chi connectivity index (χ1v) is 8.90. The van der Waals surface area contributed by atoms with Gasteiger partial charge in [0.1, 0.15) is 48.1 Å². The lowest BCUT2D eigenvalue weighted by Crippen LogP contribution is -2.40. The molecule has 2 aromatic rings. The third-order valence-electron chi connectivity index (χ3n) is 4.92. The van der Waals surface area contributed by atoms with Crippen molar-refractivity contribution in [3.63, 3.8) is 0 Å². The molecule has 3 rings (SSSR count). The minimum Gasteiger partial charge on any atom is -0.462 e. The van der Waals surface area contributed by atoms with Crippen molar-refractivity contribution < 1.29 is 24.5 Å². The molecule has 0 aromatic carbocycles. The number of aromatic amines is 1. The van der Waals surface area contributed by atoms with Gasteiger partial charge in [-0.3, -0.25) is 14.6 Å². The lowest BCUT2D eigenvalue weighted by atomic mass is 10.0. The summed E-state index contributed by atoms with van der Waals surface area (Å²) in [6.45, 7) is 3.30. The summed E-state index contributed by atoms with van der Waals surface area (Å²) < 4.78 is 12.4. The number of nitrogens with one attached hydrogen (secondary N) is 1. The van der Waals surface area contributed by atoms with Crippen molar-refractivity contribution in [3.05, 3.63) is 22.1 Å². The van der Waals surface area contributed by atoms with Gasteiger partial charge in [-0.25, -0.2) is 4.98 Å². The molecule has 1 aliphatic rings. The largest absolute Gasteiger partial charge is 0.462 e. The predicted molar refractivity (Wildman–Crippen MR) is 99.1 cm³/mol. The first-order valence-electron chi connectivity index (χ1n) is 8.90. The summed E-state index contributed by atoms with van der Waals surface area (Å²) in [5, 5.41) is 20.8. The lowest BCUT2D eigenvalue weighted by Gasteiger charge is -2.18. The first-order chi connectivity index (χ1) is 13.1. The van der Waals surface area contributed by atoms with Crippen LogP contribution in [0.25, 0.3) is 11.0 Å². The van der Waals surface area contributed by atoms with E-state index in [-0.39, 0.29) is 29.5 Å². The van der Waals surface area contributed by atoms with Crippen LogP contribution in [0.3, 0.4) is 0 Å². The van der Waals surface area contributed by atoms with Crippen LogP contribution in [0.1, 0.15) is 25.5 Å². The van der Waals surface area contributed by atoms with Crippen LogP contribution >= 0.6 is 0 Å². The fourth-order valence-electron chi connectivity index (χ4n) is 3.23. The fraction of sp³-hybridized carbons (Fsp3) is 0.588. The number of hydrogen-bond acceptors (Lipinski definition) is 9. The number of fused-ring (bicyclic) bond motifs is 1. The van der Waals surface area contributed by atoms with Crippen molar-refractivity contribution in [2.24, 2.45) is 18.7 Å². The van der Waals surface area contributed by atoms with Gasteiger partial charge in [0.05, 0.1) is 0 Å².